The number of aromatic nitrogens is 2. The van der Waals surface area contributed by atoms with Gasteiger partial charge in [0.2, 0.25) is 5.95 Å². The Kier molecular flexibility index (Phi) is 2.88. The van der Waals surface area contributed by atoms with Crippen molar-refractivity contribution < 1.29 is 0 Å². The maximum Gasteiger partial charge on any atom is 0.204 e. The topological polar surface area (TPSA) is 21.1 Å². The molecule has 0 amide bonds. The van der Waals surface area contributed by atoms with E-state index in [1.54, 1.807) is 0 Å². The highest BCUT2D eigenvalue weighted by atomic mass is 15.3. The first kappa shape index (κ1) is 11.1. The zero-order valence-electron chi connectivity index (χ0n) is 10.1. The summed E-state index contributed by atoms with van der Waals surface area (Å²) in [6.07, 6.45) is 3.03. The van der Waals surface area contributed by atoms with E-state index in [0.717, 1.165) is 12.4 Å². The van der Waals surface area contributed by atoms with E-state index >= 15 is 0 Å². The van der Waals surface area contributed by atoms with Crippen molar-refractivity contribution in [3.8, 4) is 0 Å². The normalized spacial score (nSPS) is 11.9. The number of hydrogen-bond acceptors (Lipinski definition) is 2. The molecule has 0 spiro atoms. The molecular weight excluding hydrogens is 174 g/mol. The van der Waals surface area contributed by atoms with Crippen LogP contribution in [0.3, 0.4) is 0 Å². The minimum atomic E-state index is 0.317. The minimum absolute atomic E-state index is 0.317. The van der Waals surface area contributed by atoms with Gasteiger partial charge in [-0.25, -0.2) is 4.98 Å². The van der Waals surface area contributed by atoms with Crippen LogP contribution in [0.4, 0.5) is 5.95 Å². The van der Waals surface area contributed by atoms with E-state index in [1.165, 1.54) is 5.69 Å². The average Bonchev–Trinajstić information content (AvgIpc) is 2.29. The van der Waals surface area contributed by atoms with Crippen LogP contribution in [0.5, 0.6) is 0 Å². The van der Waals surface area contributed by atoms with Crippen molar-refractivity contribution in [3.63, 3.8) is 0 Å². The maximum absolute atomic E-state index is 4.39. The lowest BCUT2D eigenvalue weighted by atomic mass is 9.91. The molecule has 1 rings (SSSR count). The predicted octanol–water partition coefficient (Wildman–Crippen LogP) is 2.07. The van der Waals surface area contributed by atoms with Gasteiger partial charge in [0.05, 0.1) is 6.20 Å². The summed E-state index contributed by atoms with van der Waals surface area (Å²) in [5.74, 6) is 1.02. The van der Waals surface area contributed by atoms with Crippen molar-refractivity contribution in [2.75, 3.05) is 19.0 Å². The zero-order valence-corrected chi connectivity index (χ0v) is 10.1. The molecule has 0 N–H and O–H groups in total. The first-order chi connectivity index (χ1) is 6.31. The molecule has 0 aliphatic heterocycles. The Bertz CT molecular complexity index is 305. The van der Waals surface area contributed by atoms with Gasteiger partial charge >= 0.3 is 0 Å². The third kappa shape index (κ3) is 2.50. The summed E-state index contributed by atoms with van der Waals surface area (Å²) in [6, 6.07) is 0. The van der Waals surface area contributed by atoms with Gasteiger partial charge in [-0.1, -0.05) is 20.8 Å². The molecule has 0 fully saturated rings. The maximum atomic E-state index is 4.39. The van der Waals surface area contributed by atoms with E-state index in [9.17, 15) is 0 Å². The Morgan fingerprint density at radius 1 is 1.36 bits per heavy atom. The number of rotatable bonds is 2. The Hall–Kier alpha value is -0.990. The van der Waals surface area contributed by atoms with Crippen LogP contribution in [0.1, 0.15) is 26.5 Å². The molecule has 0 bridgehead atoms. The monoisotopic (exact) mass is 195 g/mol. The third-order valence-electron chi connectivity index (χ3n) is 2.17. The highest BCUT2D eigenvalue weighted by Gasteiger charge is 2.15. The van der Waals surface area contributed by atoms with Crippen LogP contribution in [0.15, 0.2) is 6.20 Å². The molecule has 14 heavy (non-hydrogen) atoms. The van der Waals surface area contributed by atoms with E-state index in [2.05, 4.69) is 37.4 Å². The molecule has 0 radical (unpaired) electrons. The van der Waals surface area contributed by atoms with Gasteiger partial charge in [0.15, 0.2) is 0 Å². The molecule has 0 unspecified atom stereocenters. The predicted molar refractivity (Wildman–Crippen MR) is 60.7 cm³/mol. The van der Waals surface area contributed by atoms with Gasteiger partial charge in [0, 0.05) is 26.8 Å². The summed E-state index contributed by atoms with van der Waals surface area (Å²) in [6.45, 7) is 6.74. The van der Waals surface area contributed by atoms with Crippen LogP contribution in [-0.4, -0.2) is 23.6 Å². The summed E-state index contributed by atoms with van der Waals surface area (Å²) in [4.78, 5) is 6.42. The Labute approximate surface area is 86.7 Å². The van der Waals surface area contributed by atoms with Gasteiger partial charge in [-0.05, 0) is 11.8 Å². The van der Waals surface area contributed by atoms with Gasteiger partial charge in [0.25, 0.3) is 0 Å². The second-order valence-corrected chi connectivity index (χ2v) is 5.24. The average molecular weight is 195 g/mol. The largest absolute Gasteiger partial charge is 0.348 e. The summed E-state index contributed by atoms with van der Waals surface area (Å²) in [7, 11) is 6.11. The molecule has 0 atom stereocenters. The van der Waals surface area contributed by atoms with Crippen LogP contribution < -0.4 is 4.90 Å². The zero-order chi connectivity index (χ0) is 10.9. The van der Waals surface area contributed by atoms with E-state index < -0.39 is 0 Å². The summed E-state index contributed by atoms with van der Waals surface area (Å²) < 4.78 is 2.16. The first-order valence-electron chi connectivity index (χ1n) is 4.99. The summed E-state index contributed by atoms with van der Waals surface area (Å²) >= 11 is 0. The number of imidazole rings is 1. The van der Waals surface area contributed by atoms with Gasteiger partial charge in [-0.3, -0.25) is 0 Å². The fraction of sp³-hybridized carbons (Fsp3) is 0.727. The lowest BCUT2D eigenvalue weighted by Gasteiger charge is -2.19. The SMILES string of the molecule is CN(C)c1ncc(CC(C)(C)C)n1C. The van der Waals surface area contributed by atoms with Crippen molar-refractivity contribution in [1.82, 2.24) is 9.55 Å². The lowest BCUT2D eigenvalue weighted by molar-refractivity contribution is 0.401. The van der Waals surface area contributed by atoms with E-state index in [1.807, 2.05) is 25.2 Å². The van der Waals surface area contributed by atoms with Crippen LogP contribution in [0.2, 0.25) is 0 Å². The Morgan fingerprint density at radius 3 is 2.29 bits per heavy atom. The van der Waals surface area contributed by atoms with Crippen LogP contribution in [-0.2, 0) is 13.5 Å². The van der Waals surface area contributed by atoms with E-state index in [4.69, 9.17) is 0 Å². The molecule has 1 aromatic rings. The summed E-state index contributed by atoms with van der Waals surface area (Å²) in [5.41, 5.74) is 1.61. The molecule has 80 valence electrons. The molecule has 3 nitrogen and oxygen atoms in total. The highest BCUT2D eigenvalue weighted by Crippen LogP contribution is 2.22. The molecule has 1 heterocycles. The lowest BCUT2D eigenvalue weighted by Crippen LogP contribution is -2.16. The highest BCUT2D eigenvalue weighted by molar-refractivity contribution is 5.31. The molecule has 0 aliphatic rings. The number of anilines is 1. The molecule has 0 saturated heterocycles. The molecule has 0 saturated carbocycles. The number of nitrogens with zero attached hydrogens (tertiary/aromatic N) is 3. The van der Waals surface area contributed by atoms with Crippen molar-refractivity contribution >= 4 is 5.95 Å². The molecule has 3 heteroatoms. The fourth-order valence-corrected chi connectivity index (χ4v) is 1.56. The smallest absolute Gasteiger partial charge is 0.204 e. The van der Waals surface area contributed by atoms with Gasteiger partial charge in [0.1, 0.15) is 0 Å². The minimum Gasteiger partial charge on any atom is -0.348 e. The second kappa shape index (κ2) is 3.64. The van der Waals surface area contributed by atoms with Crippen molar-refractivity contribution in [1.29, 1.82) is 0 Å². The van der Waals surface area contributed by atoms with Crippen molar-refractivity contribution in [3.05, 3.63) is 11.9 Å². The first-order valence-corrected chi connectivity index (χ1v) is 4.99. The summed E-state index contributed by atoms with van der Waals surface area (Å²) in [5, 5.41) is 0. The second-order valence-electron chi connectivity index (χ2n) is 5.24. The van der Waals surface area contributed by atoms with Crippen LogP contribution in [0, 0.1) is 5.41 Å². The van der Waals surface area contributed by atoms with Gasteiger partial charge < -0.3 is 9.47 Å². The van der Waals surface area contributed by atoms with Crippen LogP contribution >= 0.6 is 0 Å². The van der Waals surface area contributed by atoms with Crippen LogP contribution in [0.25, 0.3) is 0 Å². The molecular formula is C11H21N3. The Balaban J connectivity index is 2.91. The number of hydrogen-bond donors (Lipinski definition) is 0. The molecule has 1 aromatic heterocycles. The van der Waals surface area contributed by atoms with Crippen molar-refractivity contribution in [2.45, 2.75) is 27.2 Å². The third-order valence-corrected chi connectivity index (χ3v) is 2.17. The van der Waals surface area contributed by atoms with E-state index in [0.29, 0.717) is 5.41 Å². The van der Waals surface area contributed by atoms with Gasteiger partial charge in [-0.15, -0.1) is 0 Å². The standard InChI is InChI=1S/C11H21N3/c1-11(2,3)7-9-8-12-10(13(4)5)14(9)6/h8H,7H2,1-6H3. The van der Waals surface area contributed by atoms with Crippen molar-refractivity contribution in [2.24, 2.45) is 12.5 Å². The van der Waals surface area contributed by atoms with Gasteiger partial charge in [-0.2, -0.15) is 0 Å². The molecule has 0 aromatic carbocycles. The Morgan fingerprint density at radius 2 is 1.93 bits per heavy atom. The quantitative estimate of drug-likeness (QED) is 0.720. The molecule has 0 aliphatic carbocycles. The fourth-order valence-electron chi connectivity index (χ4n) is 1.56. The van der Waals surface area contributed by atoms with E-state index in [-0.39, 0.29) is 0 Å².